The molecule has 0 radical (unpaired) electrons. The molecule has 1 aliphatic heterocycles. The zero-order valence-corrected chi connectivity index (χ0v) is 16.1. The molecule has 2 aromatic carbocycles. The van der Waals surface area contributed by atoms with Crippen LogP contribution in [0.5, 0.6) is 5.75 Å². The summed E-state index contributed by atoms with van der Waals surface area (Å²) in [6.07, 6.45) is -0.270. The van der Waals surface area contributed by atoms with Gasteiger partial charge in [0, 0.05) is 31.8 Å². The monoisotopic (exact) mass is 386 g/mol. The summed E-state index contributed by atoms with van der Waals surface area (Å²) in [4.78, 5) is 28.6. The zero-order valence-electron chi connectivity index (χ0n) is 16.1. The number of hydrogen-bond acceptors (Lipinski definition) is 5. The standard InChI is InChI=1S/C21H23FN2O4/c1-23(2)15-10-8-14(9-11-15)20(25)24-13-16(12-18(24)21(26)27-3)28-19-7-5-4-6-17(19)22/h4-11,16,18H,12-13H2,1-3H3. The van der Waals surface area contributed by atoms with Crippen LogP contribution in [0.1, 0.15) is 16.8 Å². The van der Waals surface area contributed by atoms with E-state index in [0.717, 1.165) is 5.69 Å². The van der Waals surface area contributed by atoms with Crippen molar-refractivity contribution < 1.29 is 23.5 Å². The number of para-hydroxylation sites is 1. The van der Waals surface area contributed by atoms with Gasteiger partial charge in [-0.1, -0.05) is 12.1 Å². The van der Waals surface area contributed by atoms with Gasteiger partial charge in [0.05, 0.1) is 13.7 Å². The molecule has 1 aliphatic rings. The molecule has 1 saturated heterocycles. The van der Waals surface area contributed by atoms with Crippen molar-refractivity contribution in [2.45, 2.75) is 18.6 Å². The second kappa shape index (κ2) is 8.29. The van der Waals surface area contributed by atoms with E-state index >= 15 is 0 Å². The summed E-state index contributed by atoms with van der Waals surface area (Å²) >= 11 is 0. The minimum Gasteiger partial charge on any atom is -0.485 e. The number of ether oxygens (including phenoxy) is 2. The summed E-state index contributed by atoms with van der Waals surface area (Å²) in [6.45, 7) is 0.169. The number of halogens is 1. The van der Waals surface area contributed by atoms with E-state index in [-0.39, 0.29) is 24.6 Å². The molecule has 2 unspecified atom stereocenters. The number of hydrogen-bond donors (Lipinski definition) is 0. The first-order valence-corrected chi connectivity index (χ1v) is 8.98. The van der Waals surface area contributed by atoms with Crippen LogP contribution >= 0.6 is 0 Å². The van der Waals surface area contributed by atoms with E-state index in [1.165, 1.54) is 24.1 Å². The van der Waals surface area contributed by atoms with Crippen LogP contribution in [-0.4, -0.2) is 56.7 Å². The van der Waals surface area contributed by atoms with Crippen molar-refractivity contribution in [1.29, 1.82) is 0 Å². The van der Waals surface area contributed by atoms with Crippen molar-refractivity contribution in [2.75, 3.05) is 32.6 Å². The average molecular weight is 386 g/mol. The maximum Gasteiger partial charge on any atom is 0.328 e. The van der Waals surface area contributed by atoms with Gasteiger partial charge in [-0.25, -0.2) is 9.18 Å². The fourth-order valence-electron chi connectivity index (χ4n) is 3.25. The van der Waals surface area contributed by atoms with Gasteiger partial charge in [0.1, 0.15) is 12.1 Å². The number of esters is 1. The molecule has 0 spiro atoms. The molecule has 6 nitrogen and oxygen atoms in total. The first-order valence-electron chi connectivity index (χ1n) is 8.98. The largest absolute Gasteiger partial charge is 0.485 e. The Labute approximate surface area is 163 Å². The molecule has 1 heterocycles. The van der Waals surface area contributed by atoms with Gasteiger partial charge in [-0.2, -0.15) is 0 Å². The normalized spacial score (nSPS) is 18.6. The Morgan fingerprint density at radius 1 is 1.11 bits per heavy atom. The Morgan fingerprint density at radius 2 is 1.79 bits per heavy atom. The number of rotatable bonds is 5. The van der Waals surface area contributed by atoms with Crippen LogP contribution < -0.4 is 9.64 Å². The van der Waals surface area contributed by atoms with E-state index in [9.17, 15) is 14.0 Å². The van der Waals surface area contributed by atoms with Crippen molar-refractivity contribution >= 4 is 17.6 Å². The molecule has 0 aromatic heterocycles. The molecule has 0 bridgehead atoms. The molecule has 148 valence electrons. The number of amides is 1. The number of nitrogens with zero attached hydrogens (tertiary/aromatic N) is 2. The van der Waals surface area contributed by atoms with E-state index in [1.54, 1.807) is 24.3 Å². The van der Waals surface area contributed by atoms with Crippen LogP contribution in [0.3, 0.4) is 0 Å². The molecular formula is C21H23FN2O4. The van der Waals surface area contributed by atoms with Gasteiger partial charge >= 0.3 is 5.97 Å². The van der Waals surface area contributed by atoms with Crippen molar-refractivity contribution in [2.24, 2.45) is 0 Å². The number of carbonyl (C=O) groups excluding carboxylic acids is 2. The fraction of sp³-hybridized carbons (Fsp3) is 0.333. The third-order valence-corrected chi connectivity index (χ3v) is 4.76. The predicted octanol–water partition coefficient (Wildman–Crippen LogP) is 2.73. The Morgan fingerprint density at radius 3 is 2.39 bits per heavy atom. The summed E-state index contributed by atoms with van der Waals surface area (Å²) in [7, 11) is 5.10. The van der Waals surface area contributed by atoms with E-state index in [2.05, 4.69) is 0 Å². The number of methoxy groups -OCH3 is 1. The van der Waals surface area contributed by atoms with Gasteiger partial charge in [0.25, 0.3) is 5.91 Å². The first kappa shape index (κ1) is 19.7. The van der Waals surface area contributed by atoms with Crippen LogP contribution in [0.25, 0.3) is 0 Å². The van der Waals surface area contributed by atoms with Gasteiger partial charge in [0.15, 0.2) is 11.6 Å². The van der Waals surface area contributed by atoms with Gasteiger partial charge in [-0.05, 0) is 36.4 Å². The summed E-state index contributed by atoms with van der Waals surface area (Å²) in [5.74, 6) is -1.19. The highest BCUT2D eigenvalue weighted by Crippen LogP contribution is 2.27. The molecule has 7 heteroatoms. The summed E-state index contributed by atoms with van der Waals surface area (Å²) in [5.41, 5.74) is 1.43. The van der Waals surface area contributed by atoms with E-state index < -0.39 is 23.9 Å². The number of anilines is 1. The van der Waals surface area contributed by atoms with Crippen molar-refractivity contribution in [3.8, 4) is 5.75 Å². The molecule has 2 atom stereocenters. The lowest BCUT2D eigenvalue weighted by Gasteiger charge is -2.22. The average Bonchev–Trinajstić information content (AvgIpc) is 3.12. The van der Waals surface area contributed by atoms with Crippen molar-refractivity contribution in [1.82, 2.24) is 4.90 Å². The minimum atomic E-state index is -0.775. The van der Waals surface area contributed by atoms with Gasteiger partial charge in [0.2, 0.25) is 0 Å². The lowest BCUT2D eigenvalue weighted by molar-refractivity contribution is -0.145. The Kier molecular flexibility index (Phi) is 5.82. The van der Waals surface area contributed by atoms with Crippen LogP contribution in [0.15, 0.2) is 48.5 Å². The third-order valence-electron chi connectivity index (χ3n) is 4.76. The Hall–Kier alpha value is -3.09. The van der Waals surface area contributed by atoms with Gasteiger partial charge in [-0.15, -0.1) is 0 Å². The summed E-state index contributed by atoms with van der Waals surface area (Å²) in [6, 6.07) is 12.4. The summed E-state index contributed by atoms with van der Waals surface area (Å²) in [5, 5.41) is 0. The maximum absolute atomic E-state index is 13.9. The fourth-order valence-corrected chi connectivity index (χ4v) is 3.25. The Balaban J connectivity index is 1.80. The second-order valence-corrected chi connectivity index (χ2v) is 6.84. The second-order valence-electron chi connectivity index (χ2n) is 6.84. The van der Waals surface area contributed by atoms with Gasteiger partial charge < -0.3 is 19.3 Å². The molecule has 1 fully saturated rings. The smallest absolute Gasteiger partial charge is 0.328 e. The quantitative estimate of drug-likeness (QED) is 0.740. The van der Waals surface area contributed by atoms with Crippen LogP contribution in [-0.2, 0) is 9.53 Å². The highest BCUT2D eigenvalue weighted by molar-refractivity contribution is 5.97. The SMILES string of the molecule is COC(=O)C1CC(Oc2ccccc2F)CN1C(=O)c1ccc(N(C)C)cc1. The summed E-state index contributed by atoms with van der Waals surface area (Å²) < 4.78 is 24.5. The number of carbonyl (C=O) groups is 2. The van der Waals surface area contributed by atoms with Crippen LogP contribution in [0.2, 0.25) is 0 Å². The van der Waals surface area contributed by atoms with E-state index in [1.807, 2.05) is 31.1 Å². The third kappa shape index (κ3) is 4.08. The number of likely N-dealkylation sites (tertiary alicyclic amines) is 1. The zero-order chi connectivity index (χ0) is 20.3. The molecule has 3 rings (SSSR count). The molecule has 1 amide bonds. The highest BCUT2D eigenvalue weighted by atomic mass is 19.1. The van der Waals surface area contributed by atoms with Crippen molar-refractivity contribution in [3.63, 3.8) is 0 Å². The van der Waals surface area contributed by atoms with E-state index in [4.69, 9.17) is 9.47 Å². The molecule has 0 N–H and O–H groups in total. The van der Waals surface area contributed by atoms with E-state index in [0.29, 0.717) is 5.56 Å². The molecule has 0 saturated carbocycles. The highest BCUT2D eigenvalue weighted by Gasteiger charge is 2.42. The van der Waals surface area contributed by atoms with Crippen LogP contribution in [0, 0.1) is 5.82 Å². The van der Waals surface area contributed by atoms with Crippen molar-refractivity contribution in [3.05, 3.63) is 59.9 Å². The molecular weight excluding hydrogens is 363 g/mol. The van der Waals surface area contributed by atoms with Gasteiger partial charge in [-0.3, -0.25) is 4.79 Å². The topological polar surface area (TPSA) is 59.1 Å². The van der Waals surface area contributed by atoms with Crippen LogP contribution in [0.4, 0.5) is 10.1 Å². The number of benzene rings is 2. The lowest BCUT2D eigenvalue weighted by atomic mass is 10.1. The Bertz CT molecular complexity index is 854. The molecule has 28 heavy (non-hydrogen) atoms. The maximum atomic E-state index is 13.9. The first-order chi connectivity index (χ1) is 13.4. The minimum absolute atomic E-state index is 0.0979. The lowest BCUT2D eigenvalue weighted by Crippen LogP contribution is -2.41. The molecule has 0 aliphatic carbocycles. The molecule has 2 aromatic rings. The predicted molar refractivity (Wildman–Crippen MR) is 103 cm³/mol.